The minimum Gasteiger partial charge on any atom is -0.351 e. The van der Waals surface area contributed by atoms with Gasteiger partial charge in [-0.1, -0.05) is 84.6 Å². The van der Waals surface area contributed by atoms with E-state index in [1.54, 1.807) is 18.0 Å². The number of rotatable bonds is 8. The van der Waals surface area contributed by atoms with Crippen molar-refractivity contribution in [2.75, 3.05) is 6.54 Å². The van der Waals surface area contributed by atoms with Crippen LogP contribution in [0.4, 0.5) is 0 Å². The summed E-state index contributed by atoms with van der Waals surface area (Å²) in [5.74, 6) is 0.817. The molecule has 156 valence electrons. The van der Waals surface area contributed by atoms with Gasteiger partial charge in [-0.15, -0.1) is 0 Å². The molecule has 0 unspecified atom stereocenters. The summed E-state index contributed by atoms with van der Waals surface area (Å²) in [5.41, 5.74) is 4.16. The number of aromatic nitrogens is 2. The number of amides is 1. The number of nitrogens with one attached hydrogen (secondary N) is 1. The summed E-state index contributed by atoms with van der Waals surface area (Å²) < 4.78 is 1.99. The van der Waals surface area contributed by atoms with Crippen LogP contribution in [0.1, 0.15) is 33.0 Å². The number of imidazole rings is 1. The summed E-state index contributed by atoms with van der Waals surface area (Å²) in [4.78, 5) is 17.3. The van der Waals surface area contributed by atoms with Crippen molar-refractivity contribution < 1.29 is 4.79 Å². The summed E-state index contributed by atoms with van der Waals surface area (Å²) in [6, 6.07) is 28.4. The Hall–Kier alpha value is -3.31. The third kappa shape index (κ3) is 5.44. The Morgan fingerprint density at radius 2 is 1.65 bits per heavy atom. The van der Waals surface area contributed by atoms with Gasteiger partial charge < -0.3 is 9.88 Å². The number of carbonyl (C=O) groups excluding carboxylic acids is 1. The van der Waals surface area contributed by atoms with Crippen LogP contribution < -0.4 is 5.32 Å². The van der Waals surface area contributed by atoms with Crippen LogP contribution in [0.25, 0.3) is 0 Å². The lowest BCUT2D eigenvalue weighted by Gasteiger charge is -2.19. The molecule has 31 heavy (non-hydrogen) atoms. The fourth-order valence-corrected chi connectivity index (χ4v) is 4.41. The number of aryl methyl sites for hydroxylation is 1. The SMILES string of the molecule is Cn1ccnc1SCc1cccc(C(=O)NCC(c2ccccc2)c2ccccc2)c1. The van der Waals surface area contributed by atoms with E-state index in [2.05, 4.69) is 34.6 Å². The Bertz CT molecular complexity index is 1090. The number of benzene rings is 3. The summed E-state index contributed by atoms with van der Waals surface area (Å²) in [7, 11) is 1.98. The lowest BCUT2D eigenvalue weighted by Crippen LogP contribution is -2.29. The average Bonchev–Trinajstić information content (AvgIpc) is 3.24. The van der Waals surface area contributed by atoms with Crippen LogP contribution in [0.2, 0.25) is 0 Å². The van der Waals surface area contributed by atoms with E-state index in [0.29, 0.717) is 12.1 Å². The van der Waals surface area contributed by atoms with Crippen molar-refractivity contribution in [3.05, 3.63) is 120 Å². The third-order valence-electron chi connectivity index (χ3n) is 5.20. The molecular weight excluding hydrogens is 402 g/mol. The molecule has 0 atom stereocenters. The highest BCUT2D eigenvalue weighted by atomic mass is 32.2. The van der Waals surface area contributed by atoms with Gasteiger partial charge in [-0.05, 0) is 28.8 Å². The topological polar surface area (TPSA) is 46.9 Å². The van der Waals surface area contributed by atoms with Gasteiger partial charge in [0.1, 0.15) is 0 Å². The van der Waals surface area contributed by atoms with Crippen molar-refractivity contribution in [3.8, 4) is 0 Å². The Morgan fingerprint density at radius 1 is 0.968 bits per heavy atom. The van der Waals surface area contributed by atoms with Gasteiger partial charge in [0.15, 0.2) is 5.16 Å². The molecule has 0 aliphatic heterocycles. The van der Waals surface area contributed by atoms with Crippen molar-refractivity contribution >= 4 is 17.7 Å². The molecule has 0 spiro atoms. The molecule has 3 aromatic carbocycles. The summed E-state index contributed by atoms with van der Waals surface area (Å²) in [6.07, 6.45) is 3.73. The second-order valence-electron chi connectivity index (χ2n) is 7.39. The maximum Gasteiger partial charge on any atom is 0.251 e. The molecule has 0 aliphatic rings. The molecule has 4 rings (SSSR count). The second kappa shape index (κ2) is 10.1. The Labute approximate surface area is 187 Å². The molecule has 0 saturated heterocycles. The van der Waals surface area contributed by atoms with E-state index >= 15 is 0 Å². The Kier molecular flexibility index (Phi) is 6.85. The van der Waals surface area contributed by atoms with Gasteiger partial charge in [0.05, 0.1) is 0 Å². The molecule has 0 fully saturated rings. The minimum atomic E-state index is -0.0549. The van der Waals surface area contributed by atoms with Crippen LogP contribution in [0.15, 0.2) is 102 Å². The molecule has 4 nitrogen and oxygen atoms in total. The maximum absolute atomic E-state index is 12.9. The van der Waals surface area contributed by atoms with Crippen LogP contribution >= 0.6 is 11.8 Å². The monoisotopic (exact) mass is 427 g/mol. The minimum absolute atomic E-state index is 0.0549. The first-order chi connectivity index (χ1) is 15.2. The number of nitrogens with zero attached hydrogens (tertiary/aromatic N) is 2. The quantitative estimate of drug-likeness (QED) is 0.390. The van der Waals surface area contributed by atoms with E-state index < -0.39 is 0 Å². The van der Waals surface area contributed by atoms with Crippen LogP contribution in [-0.2, 0) is 12.8 Å². The van der Waals surface area contributed by atoms with Gasteiger partial charge in [0.2, 0.25) is 0 Å². The molecule has 1 heterocycles. The van der Waals surface area contributed by atoms with Gasteiger partial charge in [-0.3, -0.25) is 4.79 Å². The van der Waals surface area contributed by atoms with Crippen molar-refractivity contribution in [3.63, 3.8) is 0 Å². The zero-order valence-corrected chi connectivity index (χ0v) is 18.3. The number of thioether (sulfide) groups is 1. The van der Waals surface area contributed by atoms with Crippen molar-refractivity contribution in [1.82, 2.24) is 14.9 Å². The largest absolute Gasteiger partial charge is 0.351 e. The van der Waals surface area contributed by atoms with Gasteiger partial charge in [0, 0.05) is 43.2 Å². The Morgan fingerprint density at radius 3 is 2.26 bits per heavy atom. The van der Waals surface area contributed by atoms with E-state index in [-0.39, 0.29) is 11.8 Å². The number of carbonyl (C=O) groups is 1. The van der Waals surface area contributed by atoms with Crippen molar-refractivity contribution in [1.29, 1.82) is 0 Å². The highest BCUT2D eigenvalue weighted by molar-refractivity contribution is 7.98. The molecule has 1 amide bonds. The number of hydrogen-bond donors (Lipinski definition) is 1. The molecule has 5 heteroatoms. The molecule has 0 aliphatic carbocycles. The van der Waals surface area contributed by atoms with E-state index in [4.69, 9.17) is 0 Å². The first-order valence-corrected chi connectivity index (χ1v) is 11.3. The average molecular weight is 428 g/mol. The van der Waals surface area contributed by atoms with Crippen LogP contribution in [0, 0.1) is 0 Å². The molecule has 1 aromatic heterocycles. The van der Waals surface area contributed by atoms with Crippen molar-refractivity contribution in [2.24, 2.45) is 7.05 Å². The third-order valence-corrected chi connectivity index (χ3v) is 6.33. The molecule has 0 radical (unpaired) electrons. The second-order valence-corrected chi connectivity index (χ2v) is 8.34. The summed E-state index contributed by atoms with van der Waals surface area (Å²) >= 11 is 1.66. The van der Waals surface area contributed by atoms with E-state index in [1.165, 1.54) is 11.1 Å². The standard InChI is InChI=1S/C26H25N3OS/c1-29-16-15-27-26(29)31-19-20-9-8-14-23(17-20)25(30)28-18-24(21-10-4-2-5-11-21)22-12-6-3-7-13-22/h2-17,24H,18-19H2,1H3,(H,28,30). The fourth-order valence-electron chi connectivity index (χ4n) is 3.54. The lowest BCUT2D eigenvalue weighted by molar-refractivity contribution is 0.0952. The molecule has 0 saturated carbocycles. The normalized spacial score (nSPS) is 10.9. The summed E-state index contributed by atoms with van der Waals surface area (Å²) in [6.45, 7) is 0.541. The molecule has 1 N–H and O–H groups in total. The lowest BCUT2D eigenvalue weighted by atomic mass is 9.91. The zero-order chi connectivity index (χ0) is 21.5. The fraction of sp³-hybridized carbons (Fsp3) is 0.154. The first-order valence-electron chi connectivity index (χ1n) is 10.3. The predicted molar refractivity (Wildman–Crippen MR) is 126 cm³/mol. The van der Waals surface area contributed by atoms with E-state index in [9.17, 15) is 4.79 Å². The smallest absolute Gasteiger partial charge is 0.251 e. The van der Waals surface area contributed by atoms with Crippen LogP contribution in [-0.4, -0.2) is 22.0 Å². The van der Waals surface area contributed by atoms with E-state index in [0.717, 1.165) is 16.5 Å². The van der Waals surface area contributed by atoms with E-state index in [1.807, 2.05) is 78.5 Å². The molecular formula is C26H25N3OS. The van der Waals surface area contributed by atoms with Gasteiger partial charge in [-0.25, -0.2) is 4.98 Å². The highest BCUT2D eigenvalue weighted by Gasteiger charge is 2.16. The number of hydrogen-bond acceptors (Lipinski definition) is 3. The molecule has 4 aromatic rings. The van der Waals surface area contributed by atoms with Crippen molar-refractivity contribution in [2.45, 2.75) is 16.8 Å². The highest BCUT2D eigenvalue weighted by Crippen LogP contribution is 2.24. The maximum atomic E-state index is 12.9. The Balaban J connectivity index is 1.44. The first kappa shape index (κ1) is 20.9. The van der Waals surface area contributed by atoms with Crippen LogP contribution in [0.3, 0.4) is 0 Å². The van der Waals surface area contributed by atoms with Crippen LogP contribution in [0.5, 0.6) is 0 Å². The van der Waals surface area contributed by atoms with Gasteiger partial charge in [-0.2, -0.15) is 0 Å². The predicted octanol–water partition coefficient (Wildman–Crippen LogP) is 5.27. The summed E-state index contributed by atoms with van der Waals surface area (Å²) in [5, 5.41) is 4.10. The zero-order valence-electron chi connectivity index (χ0n) is 17.4. The van der Waals surface area contributed by atoms with Gasteiger partial charge in [0.25, 0.3) is 5.91 Å². The van der Waals surface area contributed by atoms with Gasteiger partial charge >= 0.3 is 0 Å². The molecule has 0 bridgehead atoms.